The van der Waals surface area contributed by atoms with Gasteiger partial charge in [-0.15, -0.1) is 0 Å². The summed E-state index contributed by atoms with van der Waals surface area (Å²) in [5, 5.41) is 6.23. The molecule has 0 heterocycles. The van der Waals surface area contributed by atoms with Gasteiger partial charge in [0.15, 0.2) is 5.75 Å². The van der Waals surface area contributed by atoms with Crippen molar-refractivity contribution in [2.45, 2.75) is 33.2 Å². The fraction of sp³-hybridized carbons (Fsp3) is 0.240. The molecule has 0 saturated heterocycles. The van der Waals surface area contributed by atoms with Gasteiger partial charge in [0.25, 0.3) is 0 Å². The molecule has 11 heteroatoms. The van der Waals surface area contributed by atoms with Crippen molar-refractivity contribution in [1.82, 2.24) is 5.32 Å². The number of hydrogen-bond acceptors (Lipinski definition) is 6. The number of ether oxygens (including phenoxy) is 1. The van der Waals surface area contributed by atoms with Gasteiger partial charge in [0, 0.05) is 28.6 Å². The highest BCUT2D eigenvalue weighted by Crippen LogP contribution is 2.44. The van der Waals surface area contributed by atoms with Crippen LogP contribution in [0.5, 0.6) is 5.75 Å². The number of benzene rings is 3. The Balaban J connectivity index is 1.53. The molecule has 3 aromatic rings. The molecule has 0 bridgehead atoms. The van der Waals surface area contributed by atoms with Gasteiger partial charge in [0.1, 0.15) is 6.61 Å². The second kappa shape index (κ2) is 9.88. The summed E-state index contributed by atoms with van der Waals surface area (Å²) in [5.41, 5.74) is 14.7. The van der Waals surface area contributed by atoms with Crippen molar-refractivity contribution in [3.05, 3.63) is 92.4 Å². The molecule has 0 spiro atoms. The Labute approximate surface area is 207 Å². The normalized spacial score (nSPS) is 12.3. The molecule has 1 N–H and O–H groups in total. The second-order valence-electron chi connectivity index (χ2n) is 8.38. The number of carbonyl (C=O) groups is 1. The van der Waals surface area contributed by atoms with E-state index in [9.17, 15) is 17.1 Å². The lowest BCUT2D eigenvalue weighted by Crippen LogP contribution is -2.26. The minimum atomic E-state index is -5.33. The summed E-state index contributed by atoms with van der Waals surface area (Å²) < 4.78 is 45.6. The Kier molecular flexibility index (Phi) is 6.87. The quantitative estimate of drug-likeness (QED) is 0.175. The van der Waals surface area contributed by atoms with Crippen molar-refractivity contribution in [3.8, 4) is 16.9 Å². The summed E-state index contributed by atoms with van der Waals surface area (Å²) in [6.45, 7) is 4.64. The number of azide groups is 1. The molecule has 9 nitrogen and oxygen atoms in total. The van der Waals surface area contributed by atoms with Gasteiger partial charge in [0.2, 0.25) is 0 Å². The van der Waals surface area contributed by atoms with Gasteiger partial charge in [-0.25, -0.2) is 4.79 Å². The lowest BCUT2D eigenvalue weighted by molar-refractivity contribution is 0.142. The smallest absolute Gasteiger partial charge is 0.449 e. The molecule has 4 rings (SSSR count). The molecular weight excluding hydrogens is 487 g/mol. The van der Waals surface area contributed by atoms with Crippen LogP contribution < -0.4 is 9.50 Å². The highest BCUT2D eigenvalue weighted by atomic mass is 32.3. The number of nitrogens with zero attached hydrogens (tertiary/aromatic N) is 3. The number of rotatable bonds is 7. The molecule has 0 aliphatic heterocycles. The first kappa shape index (κ1) is 25.0. The number of carbonyl (C=O) groups excluding carboxylic acids is 1. The Morgan fingerprint density at radius 3 is 2.17 bits per heavy atom. The molecular formula is C25H23FN4O5S. The topological polar surface area (TPSA) is 130 Å². The van der Waals surface area contributed by atoms with Crippen LogP contribution >= 0.6 is 0 Å². The van der Waals surface area contributed by atoms with Crippen molar-refractivity contribution < 1.29 is 26.0 Å². The molecule has 1 aliphatic carbocycles. The van der Waals surface area contributed by atoms with E-state index in [1.807, 2.05) is 48.5 Å². The molecule has 0 fully saturated rings. The maximum absolute atomic E-state index is 13.3. The first-order chi connectivity index (χ1) is 17.1. The number of halogens is 1. The van der Waals surface area contributed by atoms with E-state index in [1.165, 1.54) is 13.8 Å². The molecule has 0 aromatic heterocycles. The third kappa shape index (κ3) is 4.84. The fourth-order valence-electron chi connectivity index (χ4n) is 4.73. The summed E-state index contributed by atoms with van der Waals surface area (Å²) in [5.74, 6) is -0.410. The summed E-state index contributed by atoms with van der Waals surface area (Å²) in [7, 11) is -5.33. The number of hydrogen-bond donors (Lipinski definition) is 1. The van der Waals surface area contributed by atoms with Crippen LogP contribution in [0.2, 0.25) is 0 Å². The fourth-order valence-corrected chi connectivity index (χ4v) is 5.17. The van der Waals surface area contributed by atoms with Gasteiger partial charge in [-0.1, -0.05) is 57.5 Å². The van der Waals surface area contributed by atoms with Crippen LogP contribution in [0, 0.1) is 20.8 Å². The zero-order valence-corrected chi connectivity index (χ0v) is 20.6. The highest BCUT2D eigenvalue weighted by Gasteiger charge is 2.29. The van der Waals surface area contributed by atoms with Crippen molar-refractivity contribution >= 4 is 22.3 Å². The average molecular weight is 511 g/mol. The Morgan fingerprint density at radius 1 is 1.03 bits per heavy atom. The molecule has 0 atom stereocenters. The van der Waals surface area contributed by atoms with E-state index in [0.717, 1.165) is 22.3 Å². The van der Waals surface area contributed by atoms with E-state index in [-0.39, 0.29) is 41.6 Å². The van der Waals surface area contributed by atoms with Crippen LogP contribution in [-0.2, 0) is 21.8 Å². The maximum Gasteiger partial charge on any atom is 0.488 e. The van der Waals surface area contributed by atoms with Gasteiger partial charge >= 0.3 is 16.6 Å². The molecule has 186 valence electrons. The molecule has 36 heavy (non-hydrogen) atoms. The largest absolute Gasteiger partial charge is 0.488 e. The molecule has 0 radical (unpaired) electrons. The molecule has 1 aliphatic rings. The lowest BCUT2D eigenvalue weighted by Gasteiger charge is -2.19. The van der Waals surface area contributed by atoms with E-state index in [0.29, 0.717) is 11.1 Å². The van der Waals surface area contributed by atoms with Crippen molar-refractivity contribution in [1.29, 1.82) is 0 Å². The van der Waals surface area contributed by atoms with Crippen LogP contribution in [0.4, 0.5) is 14.4 Å². The summed E-state index contributed by atoms with van der Waals surface area (Å²) in [4.78, 5) is 15.4. The van der Waals surface area contributed by atoms with Gasteiger partial charge in [-0.3, -0.25) is 0 Å². The summed E-state index contributed by atoms with van der Waals surface area (Å²) in [6.07, 6.45) is -0.692. The monoisotopic (exact) mass is 510 g/mol. The van der Waals surface area contributed by atoms with Crippen molar-refractivity contribution in [2.24, 2.45) is 5.11 Å². The van der Waals surface area contributed by atoms with Crippen molar-refractivity contribution in [3.63, 3.8) is 0 Å². The van der Waals surface area contributed by atoms with Gasteiger partial charge < -0.3 is 14.2 Å². The minimum absolute atomic E-state index is 0.0890. The Bertz CT molecular complexity index is 1470. The Morgan fingerprint density at radius 2 is 1.61 bits per heavy atom. The molecule has 1 amide bonds. The SMILES string of the molecule is Cc1c(CNC(=O)OCC2c3ccccc3-c3ccccc32)c(C)c(OS(=O)(=O)F)c(C)c1N=[N+]=[N-]. The zero-order valence-electron chi connectivity index (χ0n) is 19.8. The maximum atomic E-state index is 13.3. The first-order valence-corrected chi connectivity index (χ1v) is 12.3. The van der Waals surface area contributed by atoms with Gasteiger partial charge in [-0.05, 0) is 65.2 Å². The lowest BCUT2D eigenvalue weighted by atomic mass is 9.96. The second-order valence-corrected chi connectivity index (χ2v) is 9.33. The molecule has 3 aromatic carbocycles. The summed E-state index contributed by atoms with van der Waals surface area (Å²) >= 11 is 0. The van der Waals surface area contributed by atoms with E-state index in [4.69, 9.17) is 10.3 Å². The Hall–Kier alpha value is -4.08. The number of nitrogens with one attached hydrogen (secondary N) is 1. The van der Waals surface area contributed by atoms with Crippen LogP contribution in [-0.4, -0.2) is 21.1 Å². The van der Waals surface area contributed by atoms with Crippen LogP contribution in [0.15, 0.2) is 53.6 Å². The van der Waals surface area contributed by atoms with Crippen LogP contribution in [0.3, 0.4) is 0 Å². The van der Waals surface area contributed by atoms with E-state index >= 15 is 0 Å². The minimum Gasteiger partial charge on any atom is -0.449 e. The van der Waals surface area contributed by atoms with Gasteiger partial charge in [-0.2, -0.15) is 8.42 Å². The number of fused-ring (bicyclic) bond motifs is 3. The van der Waals surface area contributed by atoms with E-state index in [1.54, 1.807) is 6.92 Å². The van der Waals surface area contributed by atoms with Crippen molar-refractivity contribution in [2.75, 3.05) is 6.61 Å². The number of alkyl carbamates (subject to hydrolysis) is 1. The average Bonchev–Trinajstić information content (AvgIpc) is 3.16. The first-order valence-electron chi connectivity index (χ1n) is 11.0. The standard InChI is InChI=1S/C25H23FN4O5S/c1-14-21(15(2)24(35-36(26,32)33)16(3)23(14)29-30-27)12-28-25(31)34-13-22-19-10-6-4-8-17(19)18-9-5-7-11-20(18)22/h4-11,22H,12-13H2,1-3H3,(H,28,31). The summed E-state index contributed by atoms with van der Waals surface area (Å²) in [6, 6.07) is 15.9. The highest BCUT2D eigenvalue weighted by molar-refractivity contribution is 7.81. The zero-order chi connectivity index (χ0) is 26.0. The van der Waals surface area contributed by atoms with E-state index < -0.39 is 16.6 Å². The van der Waals surface area contributed by atoms with Crippen LogP contribution in [0.1, 0.15) is 39.3 Å². The molecule has 0 unspecified atom stereocenters. The third-order valence-corrected chi connectivity index (χ3v) is 6.74. The third-order valence-electron chi connectivity index (χ3n) is 6.38. The predicted octanol–water partition coefficient (Wildman–Crippen LogP) is 6.19. The van der Waals surface area contributed by atoms with Crippen LogP contribution in [0.25, 0.3) is 21.6 Å². The van der Waals surface area contributed by atoms with Gasteiger partial charge in [0.05, 0.1) is 0 Å². The number of amides is 1. The predicted molar refractivity (Wildman–Crippen MR) is 132 cm³/mol. The molecule has 0 saturated carbocycles. The van der Waals surface area contributed by atoms with E-state index in [2.05, 4.69) is 19.5 Å².